The number of phenolic OH excluding ortho intramolecular Hbond substituents is 1. The second-order valence-corrected chi connectivity index (χ2v) is 6.79. The molecule has 0 unspecified atom stereocenters. The van der Waals surface area contributed by atoms with Gasteiger partial charge in [0, 0.05) is 24.4 Å². The summed E-state index contributed by atoms with van der Waals surface area (Å²) in [5.41, 5.74) is 7.62. The number of aromatic hydroxyl groups is 1. The number of hydrogen-bond acceptors (Lipinski definition) is 7. The quantitative estimate of drug-likeness (QED) is 0.528. The number of carbonyl (C=O) groups excluding carboxylic acids is 1. The maximum atomic E-state index is 12.5. The molecule has 0 radical (unpaired) electrons. The number of amides is 1. The number of aryl methyl sites for hydroxylation is 1. The van der Waals surface area contributed by atoms with Crippen LogP contribution in [0.25, 0.3) is 0 Å². The van der Waals surface area contributed by atoms with Crippen molar-refractivity contribution < 1.29 is 9.90 Å². The fraction of sp³-hybridized carbons (Fsp3) is 0.235. The highest BCUT2D eigenvalue weighted by molar-refractivity contribution is 7.17. The third-order valence-electron chi connectivity index (χ3n) is 3.85. The first-order valence-corrected chi connectivity index (χ1v) is 8.86. The Morgan fingerprint density at radius 3 is 2.92 bits per heavy atom. The van der Waals surface area contributed by atoms with Gasteiger partial charge in [0.15, 0.2) is 10.9 Å². The third kappa shape index (κ3) is 3.84. The molecule has 0 fully saturated rings. The van der Waals surface area contributed by atoms with Crippen LogP contribution in [0.4, 0.5) is 16.6 Å². The van der Waals surface area contributed by atoms with E-state index in [1.165, 1.54) is 17.5 Å². The molecule has 136 valence electrons. The summed E-state index contributed by atoms with van der Waals surface area (Å²) in [5.74, 6) is 0.506. The van der Waals surface area contributed by atoms with Crippen LogP contribution in [0.3, 0.4) is 0 Å². The molecule has 9 heteroatoms. The van der Waals surface area contributed by atoms with Gasteiger partial charge in [-0.25, -0.2) is 4.98 Å². The van der Waals surface area contributed by atoms with Crippen molar-refractivity contribution in [2.45, 2.75) is 20.4 Å². The SMILES string of the molecule is Cc1ccc(O)c(C)c1NC(=O)c1cnc(Nc2ccn(CCN)n2)s1. The van der Waals surface area contributed by atoms with Gasteiger partial charge in [-0.05, 0) is 25.5 Å². The minimum Gasteiger partial charge on any atom is -0.508 e. The van der Waals surface area contributed by atoms with E-state index in [9.17, 15) is 9.90 Å². The number of nitrogens with two attached hydrogens (primary N) is 1. The van der Waals surface area contributed by atoms with Gasteiger partial charge in [-0.1, -0.05) is 17.4 Å². The molecule has 5 N–H and O–H groups in total. The van der Waals surface area contributed by atoms with E-state index in [4.69, 9.17) is 5.73 Å². The van der Waals surface area contributed by atoms with E-state index < -0.39 is 0 Å². The number of aromatic nitrogens is 3. The number of anilines is 3. The highest BCUT2D eigenvalue weighted by atomic mass is 32.1. The van der Waals surface area contributed by atoms with Gasteiger partial charge in [-0.15, -0.1) is 0 Å². The average molecular weight is 372 g/mol. The summed E-state index contributed by atoms with van der Waals surface area (Å²) < 4.78 is 1.73. The Morgan fingerprint density at radius 2 is 2.15 bits per heavy atom. The van der Waals surface area contributed by atoms with Gasteiger partial charge in [0.2, 0.25) is 0 Å². The van der Waals surface area contributed by atoms with Crippen molar-refractivity contribution >= 4 is 33.9 Å². The Morgan fingerprint density at radius 1 is 1.35 bits per heavy atom. The first-order valence-electron chi connectivity index (χ1n) is 8.05. The number of hydrogen-bond donors (Lipinski definition) is 4. The number of benzene rings is 1. The summed E-state index contributed by atoms with van der Waals surface area (Å²) in [5, 5.41) is 20.6. The summed E-state index contributed by atoms with van der Waals surface area (Å²) in [6.45, 7) is 4.78. The van der Waals surface area contributed by atoms with Gasteiger partial charge in [0.25, 0.3) is 5.91 Å². The first kappa shape index (κ1) is 17.9. The van der Waals surface area contributed by atoms with Gasteiger partial charge in [-0.3, -0.25) is 9.48 Å². The summed E-state index contributed by atoms with van der Waals surface area (Å²) in [7, 11) is 0. The van der Waals surface area contributed by atoms with E-state index in [-0.39, 0.29) is 11.7 Å². The van der Waals surface area contributed by atoms with Gasteiger partial charge in [-0.2, -0.15) is 5.10 Å². The Hall–Kier alpha value is -2.91. The van der Waals surface area contributed by atoms with Crippen LogP contribution < -0.4 is 16.4 Å². The molecule has 0 aliphatic rings. The molecule has 3 aromatic rings. The summed E-state index contributed by atoms with van der Waals surface area (Å²) >= 11 is 1.22. The van der Waals surface area contributed by atoms with Crippen LogP contribution in [0.5, 0.6) is 5.75 Å². The van der Waals surface area contributed by atoms with Crippen molar-refractivity contribution in [1.29, 1.82) is 0 Å². The zero-order valence-electron chi connectivity index (χ0n) is 14.5. The Bertz CT molecular complexity index is 933. The number of nitrogens with one attached hydrogen (secondary N) is 2. The number of rotatable bonds is 6. The van der Waals surface area contributed by atoms with E-state index in [2.05, 4.69) is 20.7 Å². The lowest BCUT2D eigenvalue weighted by molar-refractivity contribution is 0.103. The lowest BCUT2D eigenvalue weighted by Gasteiger charge is -2.11. The fourth-order valence-electron chi connectivity index (χ4n) is 2.44. The van der Waals surface area contributed by atoms with Gasteiger partial charge in [0.05, 0.1) is 18.4 Å². The molecule has 3 rings (SSSR count). The third-order valence-corrected chi connectivity index (χ3v) is 4.76. The molecular formula is C17H20N6O2S. The standard InChI is InChI=1S/C17H20N6O2S/c1-10-3-4-12(24)11(2)15(10)21-16(25)13-9-19-17(26-13)20-14-5-7-23(22-14)8-6-18/h3-5,7,9,24H,6,8,18H2,1-2H3,(H,21,25)(H,19,20,22). The van der Waals surface area contributed by atoms with E-state index in [1.807, 2.05) is 19.2 Å². The number of phenols is 1. The zero-order chi connectivity index (χ0) is 18.7. The maximum Gasteiger partial charge on any atom is 0.267 e. The van der Waals surface area contributed by atoms with Gasteiger partial charge in [0.1, 0.15) is 10.6 Å². The number of thiazole rings is 1. The van der Waals surface area contributed by atoms with Crippen LogP contribution in [-0.2, 0) is 6.54 Å². The molecule has 1 amide bonds. The highest BCUT2D eigenvalue weighted by Crippen LogP contribution is 2.29. The normalized spacial score (nSPS) is 10.7. The van der Waals surface area contributed by atoms with Gasteiger partial charge < -0.3 is 21.5 Å². The molecule has 0 spiro atoms. The molecule has 26 heavy (non-hydrogen) atoms. The van der Waals surface area contributed by atoms with Gasteiger partial charge >= 0.3 is 0 Å². The summed E-state index contributed by atoms with van der Waals surface area (Å²) in [4.78, 5) is 17.2. The Kier molecular flexibility index (Phi) is 5.19. The molecule has 2 heterocycles. The first-order chi connectivity index (χ1) is 12.5. The van der Waals surface area contributed by atoms with Crippen molar-refractivity contribution in [1.82, 2.24) is 14.8 Å². The molecule has 0 saturated heterocycles. The smallest absolute Gasteiger partial charge is 0.267 e. The maximum absolute atomic E-state index is 12.5. The summed E-state index contributed by atoms with van der Waals surface area (Å²) in [6, 6.07) is 5.18. The molecule has 2 aromatic heterocycles. The van der Waals surface area contributed by atoms with Crippen LogP contribution in [-0.4, -0.2) is 32.3 Å². The molecule has 0 bridgehead atoms. The lowest BCUT2D eigenvalue weighted by Crippen LogP contribution is -2.12. The Balaban J connectivity index is 1.71. The van der Waals surface area contributed by atoms with Crippen molar-refractivity contribution in [2.24, 2.45) is 5.73 Å². The van der Waals surface area contributed by atoms with Crippen LogP contribution in [0.2, 0.25) is 0 Å². The molecule has 0 aliphatic carbocycles. The van der Waals surface area contributed by atoms with Crippen LogP contribution in [0, 0.1) is 13.8 Å². The molecular weight excluding hydrogens is 352 g/mol. The number of nitrogens with zero attached hydrogens (tertiary/aromatic N) is 3. The van der Waals surface area contributed by atoms with Crippen molar-refractivity contribution in [3.05, 3.63) is 46.6 Å². The Labute approximate surface area is 154 Å². The second-order valence-electron chi connectivity index (χ2n) is 5.76. The largest absolute Gasteiger partial charge is 0.508 e. The average Bonchev–Trinajstić information content (AvgIpc) is 3.25. The highest BCUT2D eigenvalue weighted by Gasteiger charge is 2.15. The predicted molar refractivity (Wildman–Crippen MR) is 102 cm³/mol. The van der Waals surface area contributed by atoms with Crippen LogP contribution in [0.15, 0.2) is 30.6 Å². The van der Waals surface area contributed by atoms with Crippen molar-refractivity contribution in [3.63, 3.8) is 0 Å². The van der Waals surface area contributed by atoms with E-state index in [0.29, 0.717) is 40.2 Å². The second kappa shape index (κ2) is 7.54. The lowest BCUT2D eigenvalue weighted by atomic mass is 10.1. The van der Waals surface area contributed by atoms with E-state index >= 15 is 0 Å². The topological polar surface area (TPSA) is 118 Å². The molecule has 0 atom stereocenters. The van der Waals surface area contributed by atoms with E-state index in [0.717, 1.165) is 5.56 Å². The molecule has 0 aliphatic heterocycles. The summed E-state index contributed by atoms with van der Waals surface area (Å²) in [6.07, 6.45) is 3.33. The zero-order valence-corrected chi connectivity index (χ0v) is 15.3. The monoisotopic (exact) mass is 372 g/mol. The minimum atomic E-state index is -0.277. The van der Waals surface area contributed by atoms with Crippen molar-refractivity contribution in [2.75, 3.05) is 17.2 Å². The minimum absolute atomic E-state index is 0.144. The van der Waals surface area contributed by atoms with Crippen LogP contribution in [0.1, 0.15) is 20.8 Å². The molecule has 0 saturated carbocycles. The number of carbonyl (C=O) groups is 1. The van der Waals surface area contributed by atoms with Crippen LogP contribution >= 0.6 is 11.3 Å². The van der Waals surface area contributed by atoms with Crippen molar-refractivity contribution in [3.8, 4) is 5.75 Å². The molecule has 8 nitrogen and oxygen atoms in total. The molecule has 1 aromatic carbocycles. The predicted octanol–water partition coefficient (Wildman–Crippen LogP) is 2.62. The fourth-order valence-corrected chi connectivity index (χ4v) is 3.15. The van der Waals surface area contributed by atoms with E-state index in [1.54, 1.807) is 23.7 Å².